The van der Waals surface area contributed by atoms with Gasteiger partial charge in [-0.25, -0.2) is 0 Å². The maximum atomic E-state index is 10.5. The number of hydrogen-bond acceptors (Lipinski definition) is 3. The van der Waals surface area contributed by atoms with Crippen LogP contribution in [0.1, 0.15) is 16.7 Å². The lowest BCUT2D eigenvalue weighted by Crippen LogP contribution is -2.23. The second-order valence-corrected chi connectivity index (χ2v) is 5.19. The molecule has 0 atom stereocenters. The summed E-state index contributed by atoms with van der Waals surface area (Å²) in [4.78, 5) is 2.13. The van der Waals surface area contributed by atoms with Crippen molar-refractivity contribution in [2.75, 3.05) is 24.6 Å². The molecule has 104 valence electrons. The maximum absolute atomic E-state index is 10.5. The van der Waals surface area contributed by atoms with Gasteiger partial charge in [-0.2, -0.15) is 0 Å². The zero-order chi connectivity index (χ0) is 13.9. The van der Waals surface area contributed by atoms with Crippen molar-refractivity contribution in [1.29, 1.82) is 0 Å². The SMILES string of the molecule is OCCN1CCc2c1ccc(Cc1ccccc1)c2O. The molecule has 1 heterocycles. The molecule has 1 aliphatic heterocycles. The van der Waals surface area contributed by atoms with E-state index in [9.17, 15) is 5.11 Å². The van der Waals surface area contributed by atoms with Crippen molar-refractivity contribution < 1.29 is 10.2 Å². The number of phenols is 1. The van der Waals surface area contributed by atoms with Crippen molar-refractivity contribution in [2.24, 2.45) is 0 Å². The molecule has 0 fully saturated rings. The molecule has 2 aromatic rings. The third-order valence-electron chi connectivity index (χ3n) is 3.92. The topological polar surface area (TPSA) is 43.7 Å². The van der Waals surface area contributed by atoms with Gasteiger partial charge in [0.1, 0.15) is 5.75 Å². The van der Waals surface area contributed by atoms with E-state index in [1.54, 1.807) is 0 Å². The Morgan fingerprint density at radius 1 is 1.05 bits per heavy atom. The van der Waals surface area contributed by atoms with Crippen molar-refractivity contribution in [3.8, 4) is 5.75 Å². The summed E-state index contributed by atoms with van der Waals surface area (Å²) in [6.07, 6.45) is 1.60. The summed E-state index contributed by atoms with van der Waals surface area (Å²) in [7, 11) is 0. The highest BCUT2D eigenvalue weighted by Crippen LogP contribution is 2.37. The molecular formula is C17H19NO2. The van der Waals surface area contributed by atoms with Gasteiger partial charge in [0.25, 0.3) is 0 Å². The third kappa shape index (κ3) is 2.37. The Hall–Kier alpha value is -2.00. The molecule has 0 unspecified atom stereocenters. The molecule has 3 nitrogen and oxygen atoms in total. The van der Waals surface area contributed by atoms with Crippen molar-refractivity contribution in [3.05, 3.63) is 59.2 Å². The number of nitrogens with zero attached hydrogens (tertiary/aromatic N) is 1. The van der Waals surface area contributed by atoms with Crippen LogP contribution in [0.4, 0.5) is 5.69 Å². The number of aliphatic hydroxyl groups is 1. The van der Waals surface area contributed by atoms with Crippen LogP contribution in [-0.2, 0) is 12.8 Å². The largest absolute Gasteiger partial charge is 0.507 e. The number of benzene rings is 2. The van der Waals surface area contributed by atoms with E-state index in [2.05, 4.69) is 23.1 Å². The summed E-state index contributed by atoms with van der Waals surface area (Å²) in [6.45, 7) is 1.65. The van der Waals surface area contributed by atoms with Crippen LogP contribution in [0.15, 0.2) is 42.5 Å². The number of phenolic OH excluding ortho intramolecular Hbond substituents is 1. The predicted octanol–water partition coefficient (Wildman–Crippen LogP) is 2.34. The Bertz CT molecular complexity index is 595. The lowest BCUT2D eigenvalue weighted by molar-refractivity contribution is 0.303. The van der Waals surface area contributed by atoms with Gasteiger partial charge in [0.15, 0.2) is 0 Å². The van der Waals surface area contributed by atoms with Crippen molar-refractivity contribution in [2.45, 2.75) is 12.8 Å². The molecule has 3 rings (SSSR count). The maximum Gasteiger partial charge on any atom is 0.124 e. The summed E-state index contributed by atoms with van der Waals surface area (Å²) < 4.78 is 0. The molecule has 2 aromatic carbocycles. The monoisotopic (exact) mass is 269 g/mol. The van der Waals surface area contributed by atoms with E-state index in [-0.39, 0.29) is 6.61 Å². The highest BCUT2D eigenvalue weighted by atomic mass is 16.3. The number of hydrogen-bond donors (Lipinski definition) is 2. The molecule has 0 aliphatic carbocycles. The van der Waals surface area contributed by atoms with Gasteiger partial charge in [0.2, 0.25) is 0 Å². The van der Waals surface area contributed by atoms with Crippen LogP contribution in [0.3, 0.4) is 0 Å². The number of fused-ring (bicyclic) bond motifs is 1. The van der Waals surface area contributed by atoms with Gasteiger partial charge < -0.3 is 15.1 Å². The molecule has 20 heavy (non-hydrogen) atoms. The third-order valence-corrected chi connectivity index (χ3v) is 3.92. The first-order valence-electron chi connectivity index (χ1n) is 7.03. The lowest BCUT2D eigenvalue weighted by Gasteiger charge is -2.18. The van der Waals surface area contributed by atoms with E-state index >= 15 is 0 Å². The standard InChI is InChI=1S/C17H19NO2/c19-11-10-18-9-8-15-16(18)7-6-14(17(15)20)12-13-4-2-1-3-5-13/h1-7,19-20H,8-12H2. The minimum atomic E-state index is 0.145. The average Bonchev–Trinajstić information content (AvgIpc) is 2.88. The molecule has 0 saturated carbocycles. The van der Waals surface area contributed by atoms with Gasteiger partial charge in [-0.15, -0.1) is 0 Å². The van der Waals surface area contributed by atoms with Crippen LogP contribution in [0.5, 0.6) is 5.75 Å². The fourth-order valence-electron chi connectivity index (χ4n) is 2.90. The van der Waals surface area contributed by atoms with Crippen LogP contribution >= 0.6 is 0 Å². The fourth-order valence-corrected chi connectivity index (χ4v) is 2.90. The summed E-state index contributed by atoms with van der Waals surface area (Å²) >= 11 is 0. The number of aliphatic hydroxyl groups excluding tert-OH is 1. The van der Waals surface area contributed by atoms with E-state index < -0.39 is 0 Å². The Balaban J connectivity index is 1.88. The number of anilines is 1. The minimum Gasteiger partial charge on any atom is -0.507 e. The average molecular weight is 269 g/mol. The molecule has 3 heteroatoms. The van der Waals surface area contributed by atoms with Gasteiger partial charge in [-0.1, -0.05) is 36.4 Å². The van der Waals surface area contributed by atoms with Gasteiger partial charge in [0, 0.05) is 30.8 Å². The fraction of sp³-hybridized carbons (Fsp3) is 0.294. The molecule has 0 saturated heterocycles. The molecule has 0 radical (unpaired) electrons. The van der Waals surface area contributed by atoms with Crippen LogP contribution in [0.25, 0.3) is 0 Å². The van der Waals surface area contributed by atoms with Crippen molar-refractivity contribution in [3.63, 3.8) is 0 Å². The smallest absolute Gasteiger partial charge is 0.124 e. The summed E-state index contributed by atoms with van der Waals surface area (Å²) in [5, 5.41) is 19.5. The summed E-state index contributed by atoms with van der Waals surface area (Å²) in [6, 6.07) is 14.2. The first kappa shape index (κ1) is 13.0. The van der Waals surface area contributed by atoms with E-state index in [4.69, 9.17) is 5.11 Å². The normalized spacial score (nSPS) is 13.6. The second kappa shape index (κ2) is 5.55. The van der Waals surface area contributed by atoms with Crippen LogP contribution in [0, 0.1) is 0 Å². The number of aromatic hydroxyl groups is 1. The van der Waals surface area contributed by atoms with Crippen LogP contribution < -0.4 is 4.90 Å². The highest BCUT2D eigenvalue weighted by Gasteiger charge is 2.23. The summed E-state index contributed by atoms with van der Waals surface area (Å²) in [5.74, 6) is 0.423. The van der Waals surface area contributed by atoms with Crippen molar-refractivity contribution in [1.82, 2.24) is 0 Å². The molecule has 0 spiro atoms. The second-order valence-electron chi connectivity index (χ2n) is 5.19. The number of rotatable bonds is 4. The van der Waals surface area contributed by atoms with Crippen LogP contribution in [0.2, 0.25) is 0 Å². The molecule has 1 aliphatic rings. The zero-order valence-corrected chi connectivity index (χ0v) is 11.4. The lowest BCUT2D eigenvalue weighted by atomic mass is 10.00. The van der Waals surface area contributed by atoms with E-state index in [0.29, 0.717) is 12.3 Å². The van der Waals surface area contributed by atoms with Crippen molar-refractivity contribution >= 4 is 5.69 Å². The van der Waals surface area contributed by atoms with E-state index in [0.717, 1.165) is 36.2 Å². The first-order chi connectivity index (χ1) is 9.79. The molecule has 0 amide bonds. The quantitative estimate of drug-likeness (QED) is 0.895. The Kier molecular flexibility index (Phi) is 3.61. The Morgan fingerprint density at radius 3 is 2.60 bits per heavy atom. The van der Waals surface area contributed by atoms with Gasteiger partial charge in [0.05, 0.1) is 6.61 Å². The Morgan fingerprint density at radius 2 is 1.85 bits per heavy atom. The van der Waals surface area contributed by atoms with E-state index in [1.165, 1.54) is 5.56 Å². The minimum absolute atomic E-state index is 0.145. The molecule has 0 bridgehead atoms. The first-order valence-corrected chi connectivity index (χ1v) is 7.03. The molecule has 2 N–H and O–H groups in total. The van der Waals surface area contributed by atoms with Gasteiger partial charge in [-0.3, -0.25) is 0 Å². The van der Waals surface area contributed by atoms with E-state index in [1.807, 2.05) is 24.3 Å². The highest BCUT2D eigenvalue weighted by molar-refractivity contribution is 5.65. The summed E-state index contributed by atoms with van der Waals surface area (Å²) in [5.41, 5.74) is 4.26. The number of β-amino-alcohol motifs (C(OH)–C–C–N with tert-alkyl or cyclic N) is 1. The predicted molar refractivity (Wildman–Crippen MR) is 80.4 cm³/mol. The Labute approximate surface area is 119 Å². The molecular weight excluding hydrogens is 250 g/mol. The van der Waals surface area contributed by atoms with Gasteiger partial charge in [-0.05, 0) is 23.6 Å². The van der Waals surface area contributed by atoms with Gasteiger partial charge >= 0.3 is 0 Å². The zero-order valence-electron chi connectivity index (χ0n) is 11.4. The van der Waals surface area contributed by atoms with Crippen LogP contribution in [-0.4, -0.2) is 29.9 Å². The molecule has 0 aromatic heterocycles.